The molecule has 0 radical (unpaired) electrons. The van der Waals surface area contributed by atoms with Gasteiger partial charge in [-0.2, -0.15) is 0 Å². The maximum absolute atomic E-state index is 12.1. The number of carboxylic acids is 1. The van der Waals surface area contributed by atoms with Crippen molar-refractivity contribution in [1.29, 1.82) is 0 Å². The zero-order valence-corrected chi connectivity index (χ0v) is 10.1. The minimum Gasteiger partial charge on any atom is -0.480 e. The Balaban J connectivity index is 1.92. The fraction of sp³-hybridized carbons (Fsp3) is 0.308. The highest BCUT2D eigenvalue weighted by Gasteiger charge is 2.47. The Kier molecular flexibility index (Phi) is 2.51. The molecule has 1 unspecified atom stereocenters. The maximum atomic E-state index is 12.1. The lowest BCUT2D eigenvalue weighted by Crippen LogP contribution is -2.40. The zero-order valence-electron chi connectivity index (χ0n) is 10.1. The van der Waals surface area contributed by atoms with Gasteiger partial charge >= 0.3 is 12.0 Å². The molecule has 98 valence electrons. The number of aliphatic carboxylic acids is 1. The monoisotopic (exact) mass is 260 g/mol. The Hall–Kier alpha value is -2.37. The van der Waals surface area contributed by atoms with Crippen LogP contribution in [0.1, 0.15) is 11.1 Å². The van der Waals surface area contributed by atoms with Crippen molar-refractivity contribution < 1.29 is 19.5 Å². The van der Waals surface area contributed by atoms with E-state index in [1.54, 1.807) is 0 Å². The van der Waals surface area contributed by atoms with Gasteiger partial charge in [0.05, 0.1) is 0 Å². The van der Waals surface area contributed by atoms with Gasteiger partial charge in [0, 0.05) is 13.0 Å². The fourth-order valence-electron chi connectivity index (χ4n) is 2.65. The molecule has 2 aliphatic heterocycles. The predicted molar refractivity (Wildman–Crippen MR) is 64.2 cm³/mol. The Morgan fingerprint density at radius 3 is 2.63 bits per heavy atom. The molecule has 1 fully saturated rings. The van der Waals surface area contributed by atoms with Gasteiger partial charge in [0.25, 0.3) is 5.91 Å². The molecule has 1 atom stereocenters. The standard InChI is InChI=1S/C13H12N2O4/c16-11(17)7-15-12(18)10-5-8-3-1-2-4-9(8)6-14(10)13(15)19/h1-4,10H,5-7H2,(H,16,17). The molecule has 19 heavy (non-hydrogen) atoms. The number of urea groups is 1. The molecular formula is C13H12N2O4. The van der Waals surface area contributed by atoms with E-state index >= 15 is 0 Å². The Bertz CT molecular complexity index is 541. The number of carboxylic acid groups (broad SMARTS) is 1. The van der Waals surface area contributed by atoms with Crippen LogP contribution in [-0.4, -0.2) is 45.4 Å². The molecule has 1 aromatic rings. The first kappa shape index (κ1) is 11.7. The minimum atomic E-state index is -1.18. The second kappa shape index (κ2) is 4.08. The van der Waals surface area contributed by atoms with E-state index in [9.17, 15) is 14.4 Å². The third kappa shape index (κ3) is 1.76. The highest BCUT2D eigenvalue weighted by Crippen LogP contribution is 2.29. The van der Waals surface area contributed by atoms with E-state index < -0.39 is 30.5 Å². The van der Waals surface area contributed by atoms with Crippen molar-refractivity contribution in [2.24, 2.45) is 0 Å². The molecule has 1 saturated heterocycles. The lowest BCUT2D eigenvalue weighted by atomic mass is 9.95. The van der Waals surface area contributed by atoms with Gasteiger partial charge in [0.15, 0.2) is 0 Å². The summed E-state index contributed by atoms with van der Waals surface area (Å²) in [5.41, 5.74) is 2.05. The Morgan fingerprint density at radius 2 is 1.95 bits per heavy atom. The van der Waals surface area contributed by atoms with Gasteiger partial charge in [0.2, 0.25) is 0 Å². The van der Waals surface area contributed by atoms with Crippen LogP contribution in [0.25, 0.3) is 0 Å². The van der Waals surface area contributed by atoms with Gasteiger partial charge in [-0.05, 0) is 11.1 Å². The highest BCUT2D eigenvalue weighted by molar-refractivity contribution is 6.06. The van der Waals surface area contributed by atoms with Crippen LogP contribution in [0.4, 0.5) is 4.79 Å². The number of hydrogen-bond donors (Lipinski definition) is 1. The number of benzene rings is 1. The van der Waals surface area contributed by atoms with Crippen LogP contribution in [0, 0.1) is 0 Å². The van der Waals surface area contributed by atoms with Gasteiger partial charge in [-0.15, -0.1) is 0 Å². The summed E-state index contributed by atoms with van der Waals surface area (Å²) < 4.78 is 0. The summed E-state index contributed by atoms with van der Waals surface area (Å²) in [6.07, 6.45) is 0.455. The Morgan fingerprint density at radius 1 is 1.26 bits per heavy atom. The summed E-state index contributed by atoms with van der Waals surface area (Å²) in [6, 6.07) is 6.57. The maximum Gasteiger partial charge on any atom is 0.328 e. The molecule has 0 saturated carbocycles. The van der Waals surface area contributed by atoms with Crippen LogP contribution in [0.2, 0.25) is 0 Å². The first-order chi connectivity index (χ1) is 9.08. The molecule has 0 aromatic heterocycles. The van der Waals surface area contributed by atoms with Crippen molar-refractivity contribution in [2.45, 2.75) is 19.0 Å². The molecule has 0 bridgehead atoms. The summed E-state index contributed by atoms with van der Waals surface area (Å²) in [7, 11) is 0. The molecule has 1 aromatic carbocycles. The fourth-order valence-corrected chi connectivity index (χ4v) is 2.65. The number of hydrogen-bond acceptors (Lipinski definition) is 3. The molecule has 6 nitrogen and oxygen atoms in total. The summed E-state index contributed by atoms with van der Waals surface area (Å²) in [5.74, 6) is -1.60. The van der Waals surface area contributed by atoms with Crippen molar-refractivity contribution in [3.63, 3.8) is 0 Å². The lowest BCUT2D eigenvalue weighted by molar-refractivity contribution is -0.141. The van der Waals surface area contributed by atoms with E-state index in [-0.39, 0.29) is 0 Å². The number of carbonyl (C=O) groups excluding carboxylic acids is 2. The second-order valence-electron chi connectivity index (χ2n) is 4.72. The predicted octanol–water partition coefficient (Wildman–Crippen LogP) is 0.460. The van der Waals surface area contributed by atoms with Crippen molar-refractivity contribution in [3.05, 3.63) is 35.4 Å². The number of fused-ring (bicyclic) bond motifs is 2. The molecule has 3 amide bonds. The number of imide groups is 1. The number of carbonyl (C=O) groups is 3. The SMILES string of the molecule is O=C(O)CN1C(=O)C2Cc3ccccc3CN2C1=O. The topological polar surface area (TPSA) is 77.9 Å². The molecule has 2 heterocycles. The van der Waals surface area contributed by atoms with Gasteiger partial charge in [-0.3, -0.25) is 14.5 Å². The first-order valence-corrected chi connectivity index (χ1v) is 5.98. The summed E-state index contributed by atoms with van der Waals surface area (Å²) in [5, 5.41) is 8.75. The van der Waals surface area contributed by atoms with Gasteiger partial charge < -0.3 is 10.0 Å². The molecule has 0 aliphatic carbocycles. The molecule has 6 heteroatoms. The average Bonchev–Trinajstić information content (AvgIpc) is 2.61. The van der Waals surface area contributed by atoms with Crippen LogP contribution in [-0.2, 0) is 22.6 Å². The van der Waals surface area contributed by atoms with Crippen LogP contribution in [0.5, 0.6) is 0 Å². The molecule has 3 rings (SSSR count). The zero-order chi connectivity index (χ0) is 13.6. The normalized spacial score (nSPS) is 21.4. The molecule has 1 N–H and O–H groups in total. The van der Waals surface area contributed by atoms with Crippen LogP contribution >= 0.6 is 0 Å². The van der Waals surface area contributed by atoms with Crippen molar-refractivity contribution in [1.82, 2.24) is 9.80 Å². The Labute approximate surface area is 109 Å². The van der Waals surface area contributed by atoms with E-state index in [0.29, 0.717) is 13.0 Å². The molecule has 2 aliphatic rings. The van der Waals surface area contributed by atoms with E-state index in [1.807, 2.05) is 24.3 Å². The van der Waals surface area contributed by atoms with Crippen LogP contribution in [0.3, 0.4) is 0 Å². The van der Waals surface area contributed by atoms with Crippen LogP contribution < -0.4 is 0 Å². The number of rotatable bonds is 2. The molecular weight excluding hydrogens is 248 g/mol. The van der Waals surface area contributed by atoms with Crippen molar-refractivity contribution >= 4 is 17.9 Å². The average molecular weight is 260 g/mol. The van der Waals surface area contributed by atoms with E-state index in [2.05, 4.69) is 0 Å². The van der Waals surface area contributed by atoms with Crippen molar-refractivity contribution in [3.8, 4) is 0 Å². The van der Waals surface area contributed by atoms with E-state index in [4.69, 9.17) is 5.11 Å². The highest BCUT2D eigenvalue weighted by atomic mass is 16.4. The van der Waals surface area contributed by atoms with E-state index in [0.717, 1.165) is 16.0 Å². The number of nitrogens with zero attached hydrogens (tertiary/aromatic N) is 2. The van der Waals surface area contributed by atoms with E-state index in [1.165, 1.54) is 4.90 Å². The van der Waals surface area contributed by atoms with Crippen molar-refractivity contribution in [2.75, 3.05) is 6.54 Å². The van der Waals surface area contributed by atoms with Gasteiger partial charge in [-0.1, -0.05) is 24.3 Å². The quantitative estimate of drug-likeness (QED) is 0.784. The first-order valence-electron chi connectivity index (χ1n) is 5.98. The lowest BCUT2D eigenvalue weighted by Gasteiger charge is -2.28. The third-order valence-electron chi connectivity index (χ3n) is 3.57. The van der Waals surface area contributed by atoms with Crippen LogP contribution in [0.15, 0.2) is 24.3 Å². The summed E-state index contributed by atoms with van der Waals surface area (Å²) in [6.45, 7) is -0.206. The van der Waals surface area contributed by atoms with Gasteiger partial charge in [0.1, 0.15) is 12.6 Å². The second-order valence-corrected chi connectivity index (χ2v) is 4.72. The minimum absolute atomic E-state index is 0.363. The van der Waals surface area contributed by atoms with Gasteiger partial charge in [-0.25, -0.2) is 4.79 Å². The summed E-state index contributed by atoms with van der Waals surface area (Å²) in [4.78, 5) is 37.1. The summed E-state index contributed by atoms with van der Waals surface area (Å²) >= 11 is 0. The third-order valence-corrected chi connectivity index (χ3v) is 3.57. The molecule has 0 spiro atoms. The smallest absolute Gasteiger partial charge is 0.328 e. The number of amides is 3. The largest absolute Gasteiger partial charge is 0.480 e.